The number of methoxy groups -OCH3 is 1. The Balaban J connectivity index is 3.63. The van der Waals surface area contributed by atoms with Gasteiger partial charge >= 0.3 is 5.97 Å². The Morgan fingerprint density at radius 2 is 1.92 bits per heavy atom. The van der Waals surface area contributed by atoms with Crippen LogP contribution in [0.3, 0.4) is 0 Å². The van der Waals surface area contributed by atoms with Crippen LogP contribution in [-0.2, 0) is 14.2 Å². The molecule has 0 saturated carbocycles. The largest absolute Gasteiger partial charge is 0.469 e. The van der Waals surface area contributed by atoms with Crippen molar-refractivity contribution in [3.63, 3.8) is 0 Å². The Labute approximate surface area is 80.9 Å². The minimum absolute atomic E-state index is 0.0964. The fraction of sp³-hybridized carbons (Fsp3) is 0.889. The summed E-state index contributed by atoms with van der Waals surface area (Å²) in [4.78, 5) is 10.8. The summed E-state index contributed by atoms with van der Waals surface area (Å²) >= 11 is 0. The van der Waals surface area contributed by atoms with Gasteiger partial charge in [-0.15, -0.1) is 0 Å². The van der Waals surface area contributed by atoms with E-state index in [0.29, 0.717) is 12.7 Å². The molecule has 0 amide bonds. The molecule has 3 nitrogen and oxygen atoms in total. The summed E-state index contributed by atoms with van der Waals surface area (Å²) in [7, 11) is 1.40. The van der Waals surface area contributed by atoms with E-state index in [1.54, 1.807) is 0 Å². The maximum absolute atomic E-state index is 10.8. The van der Waals surface area contributed by atoms with Crippen LogP contribution in [0.1, 0.15) is 27.2 Å². The number of hydrogen-bond acceptors (Lipinski definition) is 3. The van der Waals surface area contributed by atoms with Gasteiger partial charge in [-0.2, -0.15) is 0 Å². The zero-order valence-corrected chi connectivity index (χ0v) is 9.22. The number of rotatable bonds is 4. The van der Waals surface area contributed by atoms with Crippen molar-refractivity contribution >= 4 is 12.9 Å². The molecule has 0 spiro atoms. The molecule has 0 N–H and O–H groups in total. The van der Waals surface area contributed by atoms with Gasteiger partial charge in [0.1, 0.15) is 0 Å². The summed E-state index contributed by atoms with van der Waals surface area (Å²) in [6, 6.07) is 0. The molecule has 0 radical (unpaired) electrons. The highest BCUT2D eigenvalue weighted by molar-refractivity contribution is 6.50. The average molecular weight is 186 g/mol. The van der Waals surface area contributed by atoms with Crippen molar-refractivity contribution in [3.05, 3.63) is 0 Å². The number of hydrogen-bond donors (Lipinski definition) is 0. The lowest BCUT2D eigenvalue weighted by atomic mass is 9.66. The van der Waals surface area contributed by atoms with Crippen molar-refractivity contribution in [2.45, 2.75) is 45.9 Å². The second kappa shape index (κ2) is 5.27. The van der Waals surface area contributed by atoms with Crippen molar-refractivity contribution in [2.75, 3.05) is 7.11 Å². The van der Waals surface area contributed by atoms with Crippen molar-refractivity contribution < 1.29 is 14.2 Å². The first-order valence-electron chi connectivity index (χ1n) is 4.60. The molecule has 0 atom stereocenters. The van der Waals surface area contributed by atoms with Crippen molar-refractivity contribution in [1.29, 1.82) is 0 Å². The van der Waals surface area contributed by atoms with Gasteiger partial charge in [0.05, 0.1) is 7.11 Å². The van der Waals surface area contributed by atoms with Crippen LogP contribution in [0, 0.1) is 0 Å². The Bertz CT molecular complexity index is 163. The molecular weight excluding hydrogens is 167 g/mol. The van der Waals surface area contributed by atoms with Crippen molar-refractivity contribution in [1.82, 2.24) is 0 Å². The molecule has 76 valence electrons. The van der Waals surface area contributed by atoms with Gasteiger partial charge in [0.2, 0.25) is 0 Å². The maximum Gasteiger partial charge on any atom is 0.304 e. The molecule has 0 aromatic carbocycles. The smallest absolute Gasteiger partial charge is 0.304 e. The standard InChI is InChI=1S/C9H19BO3/c1-9(2,3)13-10(4)7-6-8(11)12-5/h6-7H2,1-5H3. The van der Waals surface area contributed by atoms with E-state index < -0.39 is 0 Å². The summed E-state index contributed by atoms with van der Waals surface area (Å²) in [6.07, 6.45) is 1.14. The number of ether oxygens (including phenoxy) is 1. The molecule has 4 heteroatoms. The Morgan fingerprint density at radius 3 is 2.31 bits per heavy atom. The van der Waals surface area contributed by atoms with E-state index in [1.807, 2.05) is 27.6 Å². The van der Waals surface area contributed by atoms with E-state index >= 15 is 0 Å². The Hall–Kier alpha value is -0.505. The maximum atomic E-state index is 10.8. The Morgan fingerprint density at radius 1 is 1.38 bits per heavy atom. The van der Waals surface area contributed by atoms with Crippen LogP contribution in [0.4, 0.5) is 0 Å². The van der Waals surface area contributed by atoms with Crippen molar-refractivity contribution in [2.24, 2.45) is 0 Å². The van der Waals surface area contributed by atoms with Gasteiger partial charge in [0, 0.05) is 12.0 Å². The van der Waals surface area contributed by atoms with Gasteiger partial charge in [-0.25, -0.2) is 0 Å². The van der Waals surface area contributed by atoms with Gasteiger partial charge in [-0.1, -0.05) is 6.82 Å². The van der Waals surface area contributed by atoms with Crippen LogP contribution in [0.15, 0.2) is 0 Å². The molecule has 0 bridgehead atoms. The lowest BCUT2D eigenvalue weighted by molar-refractivity contribution is -0.140. The van der Waals surface area contributed by atoms with Gasteiger partial charge in [-0.05, 0) is 27.1 Å². The van der Waals surface area contributed by atoms with Gasteiger partial charge < -0.3 is 9.39 Å². The van der Waals surface area contributed by atoms with Gasteiger partial charge in [0.15, 0.2) is 0 Å². The first kappa shape index (κ1) is 12.5. The minimum atomic E-state index is -0.177. The summed E-state index contributed by atoms with van der Waals surface area (Å²) in [6.45, 7) is 8.07. The van der Waals surface area contributed by atoms with Crippen LogP contribution in [0.5, 0.6) is 0 Å². The van der Waals surface area contributed by atoms with E-state index in [9.17, 15) is 4.79 Å². The first-order chi connectivity index (χ1) is 5.85. The monoisotopic (exact) mass is 186 g/mol. The SMILES string of the molecule is COC(=O)CCB(C)OC(C)(C)C. The zero-order valence-electron chi connectivity index (χ0n) is 9.22. The number of carbonyl (C=O) groups is 1. The minimum Gasteiger partial charge on any atom is -0.469 e. The van der Waals surface area contributed by atoms with Gasteiger partial charge in [-0.3, -0.25) is 4.79 Å². The molecular formula is C9H19BO3. The zero-order chi connectivity index (χ0) is 10.5. The average Bonchev–Trinajstić information content (AvgIpc) is 1.97. The second-order valence-corrected chi connectivity index (χ2v) is 4.16. The first-order valence-corrected chi connectivity index (χ1v) is 4.60. The summed E-state index contributed by atoms with van der Waals surface area (Å²) < 4.78 is 10.2. The predicted octanol–water partition coefficient (Wildman–Crippen LogP) is 1.99. The third kappa shape index (κ3) is 7.84. The fourth-order valence-corrected chi connectivity index (χ4v) is 1.09. The fourth-order valence-electron chi connectivity index (χ4n) is 1.09. The van der Waals surface area contributed by atoms with Gasteiger partial charge in [0.25, 0.3) is 6.92 Å². The molecule has 0 fully saturated rings. The third-order valence-corrected chi connectivity index (χ3v) is 1.54. The number of carbonyl (C=O) groups excluding carboxylic acids is 1. The second-order valence-electron chi connectivity index (χ2n) is 4.16. The van der Waals surface area contributed by atoms with E-state index in [0.717, 1.165) is 0 Å². The lowest BCUT2D eigenvalue weighted by Crippen LogP contribution is -2.28. The molecule has 0 aliphatic rings. The third-order valence-electron chi connectivity index (χ3n) is 1.54. The van der Waals surface area contributed by atoms with E-state index in [1.165, 1.54) is 7.11 Å². The van der Waals surface area contributed by atoms with Crippen LogP contribution in [0.25, 0.3) is 0 Å². The molecule has 13 heavy (non-hydrogen) atoms. The number of esters is 1. The lowest BCUT2D eigenvalue weighted by Gasteiger charge is -2.23. The predicted molar refractivity (Wildman–Crippen MR) is 53.9 cm³/mol. The van der Waals surface area contributed by atoms with E-state index in [-0.39, 0.29) is 18.5 Å². The van der Waals surface area contributed by atoms with Crippen LogP contribution in [-0.4, -0.2) is 25.6 Å². The highest BCUT2D eigenvalue weighted by atomic mass is 16.5. The molecule has 0 aromatic rings. The molecule has 0 rings (SSSR count). The van der Waals surface area contributed by atoms with Crippen molar-refractivity contribution in [3.8, 4) is 0 Å². The van der Waals surface area contributed by atoms with E-state index in [2.05, 4.69) is 4.74 Å². The molecule has 0 saturated heterocycles. The van der Waals surface area contributed by atoms with E-state index in [4.69, 9.17) is 4.65 Å². The molecule has 0 aliphatic carbocycles. The quantitative estimate of drug-likeness (QED) is 0.497. The Kier molecular flexibility index (Phi) is 5.07. The summed E-state index contributed by atoms with van der Waals surface area (Å²) in [5, 5.41) is 0. The topological polar surface area (TPSA) is 35.5 Å². The molecule has 0 aromatic heterocycles. The summed E-state index contributed by atoms with van der Waals surface area (Å²) in [5.41, 5.74) is -0.143. The summed E-state index contributed by atoms with van der Waals surface area (Å²) in [5.74, 6) is -0.177. The molecule has 0 aliphatic heterocycles. The van der Waals surface area contributed by atoms with Crippen LogP contribution in [0.2, 0.25) is 13.1 Å². The molecule has 0 heterocycles. The van der Waals surface area contributed by atoms with Crippen LogP contribution < -0.4 is 0 Å². The highest BCUT2D eigenvalue weighted by Crippen LogP contribution is 2.12. The molecule has 0 unspecified atom stereocenters. The van der Waals surface area contributed by atoms with Crippen LogP contribution >= 0.6 is 0 Å². The highest BCUT2D eigenvalue weighted by Gasteiger charge is 2.19. The normalized spacial score (nSPS) is 11.2.